The maximum Gasteiger partial charge on any atom is 0.155 e. The summed E-state index contributed by atoms with van der Waals surface area (Å²) in [4.78, 5) is 0. The van der Waals surface area contributed by atoms with Crippen LogP contribution in [0.15, 0.2) is 0 Å². The fraction of sp³-hybridized carbons (Fsp3) is 1.00. The number of hydrogen-bond donors (Lipinski definition) is 1. The van der Waals surface area contributed by atoms with Crippen molar-refractivity contribution in [1.29, 1.82) is 0 Å². The summed E-state index contributed by atoms with van der Waals surface area (Å²) in [6, 6.07) is 0. The average Bonchev–Trinajstić information content (AvgIpc) is 2.34. The molecule has 3 nitrogen and oxygen atoms in total. The second-order valence-corrected chi connectivity index (χ2v) is 3.43. The zero-order valence-electron chi connectivity index (χ0n) is 6.93. The van der Waals surface area contributed by atoms with Gasteiger partial charge in [0.25, 0.3) is 0 Å². The van der Waals surface area contributed by atoms with Crippen LogP contribution in [0, 0.1) is 0 Å². The van der Waals surface area contributed by atoms with Crippen LogP contribution >= 0.6 is 0 Å². The minimum absolute atomic E-state index is 0.00750. The van der Waals surface area contributed by atoms with Gasteiger partial charge in [-0.1, -0.05) is 0 Å². The molecule has 11 heavy (non-hydrogen) atoms. The molecule has 2 saturated heterocycles. The molecule has 2 fully saturated rings. The molecule has 0 saturated carbocycles. The first kappa shape index (κ1) is 7.53. The second kappa shape index (κ2) is 2.73. The van der Waals surface area contributed by atoms with Gasteiger partial charge in [-0.2, -0.15) is 0 Å². The van der Waals surface area contributed by atoms with Gasteiger partial charge in [-0.15, -0.1) is 0 Å². The molecule has 1 N–H and O–H groups in total. The molecule has 0 aromatic heterocycles. The lowest BCUT2D eigenvalue weighted by Crippen LogP contribution is -2.43. The Bertz CT molecular complexity index is 138. The summed E-state index contributed by atoms with van der Waals surface area (Å²) >= 11 is 0. The second-order valence-electron chi connectivity index (χ2n) is 3.43. The van der Waals surface area contributed by atoms with Gasteiger partial charge < -0.3 is 14.8 Å². The molecule has 2 rings (SSSR count). The highest BCUT2D eigenvalue weighted by Gasteiger charge is 2.40. The molecular formula is C8H15NO2. The number of piperidine rings is 1. The van der Waals surface area contributed by atoms with E-state index >= 15 is 0 Å². The third kappa shape index (κ3) is 1.41. The smallest absolute Gasteiger partial charge is 0.155 e. The molecule has 0 unspecified atom stereocenters. The summed E-state index contributed by atoms with van der Waals surface area (Å²) in [5, 5.41) is 3.32. The van der Waals surface area contributed by atoms with Crippen LogP contribution in [0.25, 0.3) is 0 Å². The maximum atomic E-state index is 5.73. The van der Waals surface area contributed by atoms with Gasteiger partial charge in [0.2, 0.25) is 0 Å². The molecule has 0 aromatic carbocycles. The lowest BCUT2D eigenvalue weighted by atomic mass is 9.94. The zero-order chi connectivity index (χ0) is 7.73. The van der Waals surface area contributed by atoms with Crippen molar-refractivity contribution in [1.82, 2.24) is 5.32 Å². The van der Waals surface area contributed by atoms with Crippen molar-refractivity contribution in [3.63, 3.8) is 0 Å². The Morgan fingerprint density at radius 2 is 2.09 bits per heavy atom. The normalized spacial score (nSPS) is 36.3. The molecular weight excluding hydrogens is 142 g/mol. The Balaban J connectivity index is 1.98. The van der Waals surface area contributed by atoms with Crippen LogP contribution in [0.2, 0.25) is 0 Å². The molecule has 0 aliphatic carbocycles. The van der Waals surface area contributed by atoms with Crippen LogP contribution in [0.1, 0.15) is 19.8 Å². The number of ether oxygens (including phenoxy) is 2. The van der Waals surface area contributed by atoms with Gasteiger partial charge >= 0.3 is 0 Å². The van der Waals surface area contributed by atoms with Gasteiger partial charge in [-0.25, -0.2) is 0 Å². The first-order valence-corrected chi connectivity index (χ1v) is 4.31. The lowest BCUT2D eigenvalue weighted by molar-refractivity contribution is -0.0859. The van der Waals surface area contributed by atoms with E-state index in [9.17, 15) is 0 Å². The van der Waals surface area contributed by atoms with Crippen molar-refractivity contribution < 1.29 is 9.47 Å². The van der Waals surface area contributed by atoms with Crippen molar-refractivity contribution >= 4 is 0 Å². The van der Waals surface area contributed by atoms with Crippen LogP contribution in [0.3, 0.4) is 0 Å². The molecule has 0 aromatic rings. The summed E-state index contributed by atoms with van der Waals surface area (Å²) in [6.07, 6.45) is 2.20. The molecule has 2 aliphatic rings. The molecule has 0 amide bonds. The van der Waals surface area contributed by atoms with Gasteiger partial charge in [0, 0.05) is 0 Å². The molecule has 3 heteroatoms. The van der Waals surface area contributed by atoms with Crippen molar-refractivity contribution in [3.8, 4) is 0 Å². The molecule has 64 valence electrons. The Hall–Kier alpha value is -0.120. The van der Waals surface area contributed by atoms with E-state index in [1.54, 1.807) is 0 Å². The highest BCUT2D eigenvalue weighted by Crippen LogP contribution is 2.30. The summed E-state index contributed by atoms with van der Waals surface area (Å²) in [6.45, 7) is 4.89. The van der Waals surface area contributed by atoms with Crippen LogP contribution in [0.4, 0.5) is 0 Å². The molecule has 2 aliphatic heterocycles. The lowest BCUT2D eigenvalue weighted by Gasteiger charge is -2.31. The van der Waals surface area contributed by atoms with Gasteiger partial charge in [-0.05, 0) is 32.9 Å². The van der Waals surface area contributed by atoms with E-state index < -0.39 is 0 Å². The Kier molecular flexibility index (Phi) is 1.87. The molecule has 0 bridgehead atoms. The first-order chi connectivity index (χ1) is 5.31. The van der Waals surface area contributed by atoms with Crippen molar-refractivity contribution in [2.75, 3.05) is 19.7 Å². The van der Waals surface area contributed by atoms with E-state index in [1.165, 1.54) is 0 Å². The van der Waals surface area contributed by atoms with E-state index in [-0.39, 0.29) is 11.9 Å². The van der Waals surface area contributed by atoms with Crippen LogP contribution in [-0.2, 0) is 9.47 Å². The fourth-order valence-corrected chi connectivity index (χ4v) is 1.83. The highest BCUT2D eigenvalue weighted by molar-refractivity contribution is 4.89. The first-order valence-electron chi connectivity index (χ1n) is 4.31. The van der Waals surface area contributed by atoms with Crippen molar-refractivity contribution in [2.45, 2.75) is 31.7 Å². The summed E-state index contributed by atoms with van der Waals surface area (Å²) < 4.78 is 11.1. The highest BCUT2D eigenvalue weighted by atomic mass is 16.7. The van der Waals surface area contributed by atoms with Gasteiger partial charge in [0.05, 0.1) is 12.2 Å². The van der Waals surface area contributed by atoms with E-state index in [1.807, 2.05) is 6.92 Å². The van der Waals surface area contributed by atoms with Crippen molar-refractivity contribution in [3.05, 3.63) is 0 Å². The van der Waals surface area contributed by atoms with Gasteiger partial charge in [0.15, 0.2) is 6.29 Å². The minimum atomic E-state index is 0.00750. The standard InChI is InChI=1S/C8H15NO2/c1-7-10-6-8(11-7)2-4-9-5-3-8/h7,9H,2-6H2,1H3/t7-/m0/s1. The van der Waals surface area contributed by atoms with Crippen LogP contribution in [0.5, 0.6) is 0 Å². The Morgan fingerprint density at radius 1 is 1.36 bits per heavy atom. The maximum absolute atomic E-state index is 5.73. The van der Waals surface area contributed by atoms with Gasteiger partial charge in [0.1, 0.15) is 0 Å². The van der Waals surface area contributed by atoms with Gasteiger partial charge in [-0.3, -0.25) is 0 Å². The molecule has 1 spiro atoms. The quantitative estimate of drug-likeness (QED) is 0.555. The predicted molar refractivity (Wildman–Crippen MR) is 41.3 cm³/mol. The Morgan fingerprint density at radius 3 is 2.64 bits per heavy atom. The molecule has 0 radical (unpaired) electrons. The van der Waals surface area contributed by atoms with Crippen LogP contribution in [-0.4, -0.2) is 31.6 Å². The topological polar surface area (TPSA) is 30.5 Å². The fourth-order valence-electron chi connectivity index (χ4n) is 1.83. The monoisotopic (exact) mass is 157 g/mol. The zero-order valence-corrected chi connectivity index (χ0v) is 6.93. The molecule has 1 atom stereocenters. The summed E-state index contributed by atoms with van der Waals surface area (Å²) in [7, 11) is 0. The number of hydrogen-bond acceptors (Lipinski definition) is 3. The number of rotatable bonds is 0. The van der Waals surface area contributed by atoms with Crippen LogP contribution < -0.4 is 5.32 Å². The predicted octanol–water partition coefficient (Wildman–Crippen LogP) is 0.501. The SMILES string of the molecule is C[C@H]1OCC2(CCNCC2)O1. The average molecular weight is 157 g/mol. The van der Waals surface area contributed by atoms with E-state index in [0.29, 0.717) is 0 Å². The van der Waals surface area contributed by atoms with E-state index in [4.69, 9.17) is 9.47 Å². The van der Waals surface area contributed by atoms with E-state index in [0.717, 1.165) is 32.5 Å². The van der Waals surface area contributed by atoms with E-state index in [2.05, 4.69) is 5.32 Å². The van der Waals surface area contributed by atoms with Crippen molar-refractivity contribution in [2.24, 2.45) is 0 Å². The minimum Gasteiger partial charge on any atom is -0.350 e. The summed E-state index contributed by atoms with van der Waals surface area (Å²) in [5.41, 5.74) is 0.0602. The number of nitrogens with one attached hydrogen (secondary N) is 1. The molecule has 2 heterocycles. The largest absolute Gasteiger partial charge is 0.350 e. The third-order valence-electron chi connectivity index (χ3n) is 2.51. The Labute approximate surface area is 67.1 Å². The summed E-state index contributed by atoms with van der Waals surface area (Å²) in [5.74, 6) is 0. The third-order valence-corrected chi connectivity index (χ3v) is 2.51.